The Bertz CT molecular complexity index is 673. The molecule has 5 nitrogen and oxygen atoms in total. The summed E-state index contributed by atoms with van der Waals surface area (Å²) >= 11 is 0. The van der Waals surface area contributed by atoms with Gasteiger partial charge in [-0.25, -0.2) is 0 Å². The number of benzene rings is 1. The largest absolute Gasteiger partial charge is 0.322 e. The molecule has 0 spiro atoms. The number of hydrogen-bond donors (Lipinski definition) is 1. The Hall–Kier alpha value is -2.17. The average molecular weight is 300 g/mol. The predicted molar refractivity (Wildman–Crippen MR) is 81.2 cm³/mol. The Balaban J connectivity index is 1.95. The summed E-state index contributed by atoms with van der Waals surface area (Å²) in [5.41, 5.74) is 2.75. The molecule has 116 valence electrons. The van der Waals surface area contributed by atoms with Crippen LogP contribution in [0.5, 0.6) is 0 Å². The maximum atomic E-state index is 12.7. The smallest absolute Gasteiger partial charge is 0.255 e. The molecule has 22 heavy (non-hydrogen) atoms. The van der Waals surface area contributed by atoms with E-state index in [1.54, 1.807) is 4.90 Å². The molecule has 2 aliphatic rings. The van der Waals surface area contributed by atoms with Crippen LogP contribution in [0.1, 0.15) is 55.1 Å². The summed E-state index contributed by atoms with van der Waals surface area (Å²) in [5, 5.41) is 2.33. The van der Waals surface area contributed by atoms with E-state index in [0.29, 0.717) is 18.5 Å². The van der Waals surface area contributed by atoms with E-state index >= 15 is 0 Å². The van der Waals surface area contributed by atoms with Gasteiger partial charge in [0.2, 0.25) is 11.8 Å². The zero-order valence-corrected chi connectivity index (χ0v) is 13.1. The topological polar surface area (TPSA) is 66.5 Å². The minimum Gasteiger partial charge on any atom is -0.322 e. The molecule has 0 aromatic heterocycles. The van der Waals surface area contributed by atoms with Crippen molar-refractivity contribution in [2.45, 2.75) is 51.6 Å². The van der Waals surface area contributed by atoms with Crippen molar-refractivity contribution in [3.63, 3.8) is 0 Å². The van der Waals surface area contributed by atoms with Gasteiger partial charge in [0, 0.05) is 18.5 Å². The molecular formula is C17H20N2O3. The second kappa shape index (κ2) is 4.93. The number of carbonyl (C=O) groups is 3. The number of piperidine rings is 1. The first-order chi connectivity index (χ1) is 10.3. The summed E-state index contributed by atoms with van der Waals surface area (Å²) in [4.78, 5) is 37.6. The Labute approximate surface area is 129 Å². The van der Waals surface area contributed by atoms with Crippen LogP contribution < -0.4 is 5.32 Å². The highest BCUT2D eigenvalue weighted by Crippen LogP contribution is 2.35. The van der Waals surface area contributed by atoms with Gasteiger partial charge in [-0.3, -0.25) is 19.7 Å². The van der Waals surface area contributed by atoms with Crippen molar-refractivity contribution in [1.82, 2.24) is 10.2 Å². The molecular weight excluding hydrogens is 280 g/mol. The number of amides is 3. The minimum atomic E-state index is -0.551. The average Bonchev–Trinajstić information content (AvgIpc) is 2.75. The number of imide groups is 1. The molecule has 0 aliphatic carbocycles. The van der Waals surface area contributed by atoms with Gasteiger partial charge in [-0.15, -0.1) is 0 Å². The monoisotopic (exact) mass is 300 g/mol. The fourth-order valence-corrected chi connectivity index (χ4v) is 3.29. The van der Waals surface area contributed by atoms with Crippen LogP contribution in [-0.2, 0) is 21.5 Å². The van der Waals surface area contributed by atoms with E-state index in [1.165, 1.54) is 0 Å². The highest BCUT2D eigenvalue weighted by atomic mass is 16.2. The lowest BCUT2D eigenvalue weighted by molar-refractivity contribution is -0.136. The third kappa shape index (κ3) is 2.30. The van der Waals surface area contributed by atoms with Crippen LogP contribution in [0, 0.1) is 0 Å². The second-order valence-corrected chi connectivity index (χ2v) is 6.98. The van der Waals surface area contributed by atoms with E-state index in [2.05, 4.69) is 26.1 Å². The first-order valence-electron chi connectivity index (χ1n) is 7.56. The van der Waals surface area contributed by atoms with E-state index in [4.69, 9.17) is 0 Å². The van der Waals surface area contributed by atoms with Crippen molar-refractivity contribution >= 4 is 17.7 Å². The summed E-state index contributed by atoms with van der Waals surface area (Å²) in [6, 6.07) is 5.20. The third-order valence-electron chi connectivity index (χ3n) is 4.39. The molecule has 0 saturated carbocycles. The van der Waals surface area contributed by atoms with Crippen molar-refractivity contribution in [2.75, 3.05) is 0 Å². The van der Waals surface area contributed by atoms with E-state index in [-0.39, 0.29) is 29.6 Å². The highest BCUT2D eigenvalue weighted by molar-refractivity contribution is 6.05. The lowest BCUT2D eigenvalue weighted by atomic mass is 9.83. The Kier molecular flexibility index (Phi) is 3.31. The van der Waals surface area contributed by atoms with Crippen molar-refractivity contribution in [3.05, 3.63) is 34.9 Å². The standard InChI is InChI=1S/C17H20N2O3/c1-17(2,3)12-6-4-5-10-11(12)9-19(16(10)22)13-7-8-14(20)18-15(13)21/h4-6,13H,7-9H2,1-3H3,(H,18,20,21). The fourth-order valence-electron chi connectivity index (χ4n) is 3.29. The third-order valence-corrected chi connectivity index (χ3v) is 4.39. The van der Waals surface area contributed by atoms with Gasteiger partial charge in [0.1, 0.15) is 6.04 Å². The van der Waals surface area contributed by atoms with Gasteiger partial charge < -0.3 is 4.90 Å². The summed E-state index contributed by atoms with van der Waals surface area (Å²) in [6.07, 6.45) is 0.678. The number of hydrogen-bond acceptors (Lipinski definition) is 3. The van der Waals surface area contributed by atoms with Crippen LogP contribution in [0.15, 0.2) is 18.2 Å². The van der Waals surface area contributed by atoms with Crippen LogP contribution in [0.25, 0.3) is 0 Å². The molecule has 1 saturated heterocycles. The molecule has 5 heteroatoms. The molecule has 2 aliphatic heterocycles. The van der Waals surface area contributed by atoms with Crippen molar-refractivity contribution in [2.24, 2.45) is 0 Å². The Morgan fingerprint density at radius 1 is 1.18 bits per heavy atom. The quantitative estimate of drug-likeness (QED) is 0.803. The summed E-state index contributed by atoms with van der Waals surface area (Å²) < 4.78 is 0. The van der Waals surface area contributed by atoms with Gasteiger partial charge in [0.05, 0.1) is 0 Å². The molecule has 3 amide bonds. The molecule has 1 fully saturated rings. The van der Waals surface area contributed by atoms with E-state index < -0.39 is 6.04 Å². The summed E-state index contributed by atoms with van der Waals surface area (Å²) in [7, 11) is 0. The van der Waals surface area contributed by atoms with Gasteiger partial charge in [0.25, 0.3) is 5.91 Å². The second-order valence-electron chi connectivity index (χ2n) is 6.98. The molecule has 1 aromatic rings. The predicted octanol–water partition coefficient (Wildman–Crippen LogP) is 1.75. The number of fused-ring (bicyclic) bond motifs is 1. The highest BCUT2D eigenvalue weighted by Gasteiger charge is 2.40. The fraction of sp³-hybridized carbons (Fsp3) is 0.471. The van der Waals surface area contributed by atoms with Crippen LogP contribution >= 0.6 is 0 Å². The minimum absolute atomic E-state index is 0.0631. The maximum Gasteiger partial charge on any atom is 0.255 e. The normalized spacial score (nSPS) is 21.9. The Morgan fingerprint density at radius 2 is 1.91 bits per heavy atom. The lowest BCUT2D eigenvalue weighted by Gasteiger charge is -2.29. The van der Waals surface area contributed by atoms with E-state index in [1.807, 2.05) is 18.2 Å². The molecule has 1 unspecified atom stereocenters. The lowest BCUT2D eigenvalue weighted by Crippen LogP contribution is -2.52. The summed E-state index contributed by atoms with van der Waals surface area (Å²) in [6.45, 7) is 6.78. The first kappa shape index (κ1) is 14.8. The molecule has 0 radical (unpaired) electrons. The van der Waals surface area contributed by atoms with Gasteiger partial charge in [-0.1, -0.05) is 32.9 Å². The number of nitrogens with zero attached hydrogens (tertiary/aromatic N) is 1. The van der Waals surface area contributed by atoms with Gasteiger partial charge >= 0.3 is 0 Å². The van der Waals surface area contributed by atoms with Crippen LogP contribution in [0.3, 0.4) is 0 Å². The Morgan fingerprint density at radius 3 is 2.55 bits per heavy atom. The zero-order valence-electron chi connectivity index (χ0n) is 13.1. The van der Waals surface area contributed by atoms with Crippen LogP contribution in [0.2, 0.25) is 0 Å². The molecule has 2 heterocycles. The van der Waals surface area contributed by atoms with Gasteiger partial charge in [0.15, 0.2) is 0 Å². The zero-order chi connectivity index (χ0) is 16.1. The van der Waals surface area contributed by atoms with Gasteiger partial charge in [-0.2, -0.15) is 0 Å². The van der Waals surface area contributed by atoms with E-state index in [0.717, 1.165) is 11.1 Å². The maximum absolute atomic E-state index is 12.7. The molecule has 0 bridgehead atoms. The van der Waals surface area contributed by atoms with Crippen molar-refractivity contribution in [1.29, 1.82) is 0 Å². The molecule has 1 atom stereocenters. The van der Waals surface area contributed by atoms with Crippen molar-refractivity contribution in [3.8, 4) is 0 Å². The summed E-state index contributed by atoms with van der Waals surface area (Å²) in [5.74, 6) is -0.744. The molecule has 1 aromatic carbocycles. The van der Waals surface area contributed by atoms with Gasteiger partial charge in [-0.05, 0) is 29.0 Å². The number of carbonyl (C=O) groups excluding carboxylic acids is 3. The van der Waals surface area contributed by atoms with Crippen LogP contribution in [0.4, 0.5) is 0 Å². The SMILES string of the molecule is CC(C)(C)c1cccc2c1CN(C1CCC(=O)NC1=O)C2=O. The van der Waals surface area contributed by atoms with E-state index in [9.17, 15) is 14.4 Å². The van der Waals surface area contributed by atoms with Crippen LogP contribution in [-0.4, -0.2) is 28.7 Å². The number of nitrogens with one attached hydrogen (secondary N) is 1. The molecule has 1 N–H and O–H groups in total. The molecule has 3 rings (SSSR count). The number of rotatable bonds is 1. The first-order valence-corrected chi connectivity index (χ1v) is 7.56. The van der Waals surface area contributed by atoms with Crippen molar-refractivity contribution < 1.29 is 14.4 Å².